The van der Waals surface area contributed by atoms with Gasteiger partial charge < -0.3 is 5.11 Å². The van der Waals surface area contributed by atoms with Crippen molar-refractivity contribution in [3.8, 4) is 0 Å². The van der Waals surface area contributed by atoms with Crippen LogP contribution in [0.2, 0.25) is 10.0 Å². The van der Waals surface area contributed by atoms with Crippen molar-refractivity contribution in [3.05, 3.63) is 64.1 Å². The SMILES string of the molecule is O=S(=O)(N[C@@H](CO)c1ccccc1)c1cccc(Cl)c1Cl. The van der Waals surface area contributed by atoms with Gasteiger partial charge in [0.1, 0.15) is 4.90 Å². The summed E-state index contributed by atoms with van der Waals surface area (Å²) in [6, 6.07) is 12.4. The van der Waals surface area contributed by atoms with Crippen molar-refractivity contribution in [2.24, 2.45) is 0 Å². The first-order valence-corrected chi connectivity index (χ1v) is 8.32. The first-order chi connectivity index (χ1) is 9.95. The monoisotopic (exact) mass is 345 g/mol. The molecule has 2 N–H and O–H groups in total. The lowest BCUT2D eigenvalue weighted by Crippen LogP contribution is -2.31. The molecule has 0 saturated heterocycles. The molecule has 0 aliphatic carbocycles. The Balaban J connectivity index is 2.34. The van der Waals surface area contributed by atoms with Gasteiger partial charge in [0.05, 0.1) is 22.7 Å². The van der Waals surface area contributed by atoms with Crippen molar-refractivity contribution < 1.29 is 13.5 Å². The third kappa shape index (κ3) is 3.75. The Morgan fingerprint density at radius 1 is 1.05 bits per heavy atom. The van der Waals surface area contributed by atoms with Gasteiger partial charge in [-0.05, 0) is 17.7 Å². The summed E-state index contributed by atoms with van der Waals surface area (Å²) in [5.74, 6) is 0. The van der Waals surface area contributed by atoms with E-state index in [9.17, 15) is 13.5 Å². The second kappa shape index (κ2) is 6.77. The van der Waals surface area contributed by atoms with E-state index in [0.717, 1.165) is 0 Å². The van der Waals surface area contributed by atoms with E-state index in [0.29, 0.717) is 5.56 Å². The highest BCUT2D eigenvalue weighted by Crippen LogP contribution is 2.29. The number of nitrogens with one attached hydrogen (secondary N) is 1. The highest BCUT2D eigenvalue weighted by molar-refractivity contribution is 7.89. The van der Waals surface area contributed by atoms with Crippen LogP contribution in [0, 0.1) is 0 Å². The summed E-state index contributed by atoms with van der Waals surface area (Å²) in [7, 11) is -3.90. The normalized spacial score (nSPS) is 13.1. The Bertz CT molecular complexity index is 720. The van der Waals surface area contributed by atoms with Crippen LogP contribution in [0.25, 0.3) is 0 Å². The molecule has 7 heteroatoms. The molecular formula is C14H13Cl2NO3S. The van der Waals surface area contributed by atoms with Crippen molar-refractivity contribution >= 4 is 33.2 Å². The number of hydrogen-bond donors (Lipinski definition) is 2. The van der Waals surface area contributed by atoms with Crippen LogP contribution in [0.3, 0.4) is 0 Å². The number of aliphatic hydroxyl groups is 1. The first-order valence-electron chi connectivity index (χ1n) is 6.08. The summed E-state index contributed by atoms with van der Waals surface area (Å²) in [5.41, 5.74) is 0.654. The molecule has 0 aliphatic rings. The predicted octanol–water partition coefficient (Wildman–Crippen LogP) is 3.01. The van der Waals surface area contributed by atoms with Gasteiger partial charge in [0.25, 0.3) is 0 Å². The lowest BCUT2D eigenvalue weighted by molar-refractivity contribution is 0.259. The Labute approximate surface area is 133 Å². The Morgan fingerprint density at radius 2 is 1.71 bits per heavy atom. The second-order valence-corrected chi connectivity index (χ2v) is 6.79. The largest absolute Gasteiger partial charge is 0.394 e. The fourth-order valence-corrected chi connectivity index (χ4v) is 3.82. The van der Waals surface area contributed by atoms with Crippen molar-refractivity contribution in [1.29, 1.82) is 0 Å². The van der Waals surface area contributed by atoms with Gasteiger partial charge in [-0.1, -0.05) is 59.6 Å². The third-order valence-electron chi connectivity index (χ3n) is 2.89. The molecule has 0 saturated carbocycles. The van der Waals surface area contributed by atoms with Crippen molar-refractivity contribution in [2.75, 3.05) is 6.61 Å². The zero-order valence-corrected chi connectivity index (χ0v) is 13.2. The molecule has 2 aromatic rings. The molecule has 2 aromatic carbocycles. The molecule has 0 heterocycles. The summed E-state index contributed by atoms with van der Waals surface area (Å²) < 4.78 is 27.2. The maximum absolute atomic E-state index is 12.4. The Kier molecular flexibility index (Phi) is 5.24. The molecule has 0 radical (unpaired) electrons. The average molecular weight is 346 g/mol. The number of aliphatic hydroxyl groups excluding tert-OH is 1. The first kappa shape index (κ1) is 16.3. The van der Waals surface area contributed by atoms with E-state index in [1.54, 1.807) is 30.3 Å². The summed E-state index contributed by atoms with van der Waals surface area (Å²) in [6.07, 6.45) is 0. The Hall–Kier alpha value is -1.11. The van der Waals surface area contributed by atoms with Crippen LogP contribution in [-0.2, 0) is 10.0 Å². The smallest absolute Gasteiger partial charge is 0.242 e. The minimum atomic E-state index is -3.90. The lowest BCUT2D eigenvalue weighted by atomic mass is 10.1. The second-order valence-electron chi connectivity index (χ2n) is 4.32. The summed E-state index contributed by atoms with van der Waals surface area (Å²) in [5, 5.41) is 9.54. The van der Waals surface area contributed by atoms with E-state index in [2.05, 4.69) is 4.72 Å². The average Bonchev–Trinajstić information content (AvgIpc) is 2.48. The maximum atomic E-state index is 12.4. The van der Waals surface area contributed by atoms with Crippen LogP contribution in [0.4, 0.5) is 0 Å². The van der Waals surface area contributed by atoms with Gasteiger partial charge in [-0.25, -0.2) is 13.1 Å². The number of rotatable bonds is 5. The number of halogens is 2. The van der Waals surface area contributed by atoms with E-state index < -0.39 is 16.1 Å². The molecule has 112 valence electrons. The lowest BCUT2D eigenvalue weighted by Gasteiger charge is -2.17. The van der Waals surface area contributed by atoms with Crippen LogP contribution in [0.5, 0.6) is 0 Å². The number of hydrogen-bond acceptors (Lipinski definition) is 3. The van der Waals surface area contributed by atoms with Crippen LogP contribution < -0.4 is 4.72 Å². The summed E-state index contributed by atoms with van der Waals surface area (Å²) >= 11 is 11.8. The highest BCUT2D eigenvalue weighted by atomic mass is 35.5. The third-order valence-corrected chi connectivity index (χ3v) is 5.33. The molecule has 2 rings (SSSR count). The number of benzene rings is 2. The van der Waals surface area contributed by atoms with Crippen molar-refractivity contribution in [2.45, 2.75) is 10.9 Å². The molecule has 0 amide bonds. The predicted molar refractivity (Wildman–Crippen MR) is 83.1 cm³/mol. The van der Waals surface area contributed by atoms with Gasteiger partial charge in [-0.15, -0.1) is 0 Å². The highest BCUT2D eigenvalue weighted by Gasteiger charge is 2.24. The van der Waals surface area contributed by atoms with Gasteiger partial charge in [0.2, 0.25) is 10.0 Å². The molecule has 21 heavy (non-hydrogen) atoms. The van der Waals surface area contributed by atoms with Crippen molar-refractivity contribution in [3.63, 3.8) is 0 Å². The molecule has 1 atom stereocenters. The quantitative estimate of drug-likeness (QED) is 0.875. The molecular weight excluding hydrogens is 333 g/mol. The zero-order chi connectivity index (χ0) is 15.5. The zero-order valence-electron chi connectivity index (χ0n) is 10.8. The fourth-order valence-electron chi connectivity index (χ4n) is 1.84. The van der Waals surface area contributed by atoms with Crippen LogP contribution in [-0.4, -0.2) is 20.1 Å². The standard InChI is InChI=1S/C14H13Cl2NO3S/c15-11-7-4-8-13(14(11)16)21(19,20)17-12(9-18)10-5-2-1-3-6-10/h1-8,12,17-18H,9H2/t12-/m0/s1. The molecule has 4 nitrogen and oxygen atoms in total. The van der Waals surface area contributed by atoms with Crippen LogP contribution in [0.15, 0.2) is 53.4 Å². The van der Waals surface area contributed by atoms with E-state index >= 15 is 0 Å². The molecule has 0 aliphatic heterocycles. The summed E-state index contributed by atoms with van der Waals surface area (Å²) in [4.78, 5) is -0.119. The summed E-state index contributed by atoms with van der Waals surface area (Å²) in [6.45, 7) is -0.374. The molecule has 0 aromatic heterocycles. The van der Waals surface area contributed by atoms with E-state index in [1.165, 1.54) is 18.2 Å². The van der Waals surface area contributed by atoms with Crippen LogP contribution >= 0.6 is 23.2 Å². The minimum Gasteiger partial charge on any atom is -0.394 e. The molecule has 0 spiro atoms. The fraction of sp³-hybridized carbons (Fsp3) is 0.143. The molecule has 0 unspecified atom stereocenters. The van der Waals surface area contributed by atoms with E-state index in [4.69, 9.17) is 23.2 Å². The van der Waals surface area contributed by atoms with E-state index in [1.807, 2.05) is 0 Å². The topological polar surface area (TPSA) is 66.4 Å². The van der Waals surface area contributed by atoms with Gasteiger partial charge in [-0.3, -0.25) is 0 Å². The molecule has 0 fully saturated rings. The maximum Gasteiger partial charge on any atom is 0.242 e. The Morgan fingerprint density at radius 3 is 2.33 bits per heavy atom. The van der Waals surface area contributed by atoms with Gasteiger partial charge in [-0.2, -0.15) is 0 Å². The van der Waals surface area contributed by atoms with E-state index in [-0.39, 0.29) is 21.5 Å². The van der Waals surface area contributed by atoms with Gasteiger partial charge in [0.15, 0.2) is 0 Å². The van der Waals surface area contributed by atoms with Crippen LogP contribution in [0.1, 0.15) is 11.6 Å². The van der Waals surface area contributed by atoms with Gasteiger partial charge in [0, 0.05) is 0 Å². The molecule has 0 bridgehead atoms. The number of sulfonamides is 1. The van der Waals surface area contributed by atoms with Crippen molar-refractivity contribution in [1.82, 2.24) is 4.72 Å². The minimum absolute atomic E-state index is 0.0450. The van der Waals surface area contributed by atoms with Gasteiger partial charge >= 0.3 is 0 Å².